The van der Waals surface area contributed by atoms with Gasteiger partial charge in [-0.1, -0.05) is 6.92 Å². The number of Topliss-reactive ketones (excluding diaryl/α,β-unsaturated/α-hetero) is 1. The minimum atomic E-state index is -1.50. The summed E-state index contributed by atoms with van der Waals surface area (Å²) in [5, 5.41) is 25.5. The van der Waals surface area contributed by atoms with E-state index in [1.54, 1.807) is 0 Å². The molecular weight excluding hydrogens is 168 g/mol. The molecule has 3 atom stereocenters. The molecule has 4 nitrogen and oxygen atoms in total. The Balaban J connectivity index is 4.02. The molecule has 0 saturated heterocycles. The predicted octanol–water partition coefficient (Wildman–Crippen LogP) is -1.41. The lowest BCUT2D eigenvalue weighted by molar-refractivity contribution is -0.137. The Hall–Kier alpha value is -0.100. The molecule has 5 heteroatoms. The van der Waals surface area contributed by atoms with Gasteiger partial charge in [-0.05, 0) is 0 Å². The third-order valence-electron chi connectivity index (χ3n) is 1.25. The zero-order valence-corrected chi connectivity index (χ0v) is 7.03. The predicted molar refractivity (Wildman–Crippen MR) is 42.6 cm³/mol. The Kier molecular flexibility index (Phi) is 4.67. The maximum atomic E-state index is 10.8. The van der Waals surface area contributed by atoms with Crippen LogP contribution in [0.2, 0.25) is 0 Å². The van der Waals surface area contributed by atoms with Gasteiger partial charge in [0.1, 0.15) is 12.2 Å². The van der Waals surface area contributed by atoms with Crippen LogP contribution in [0.4, 0.5) is 0 Å². The first-order valence-electron chi connectivity index (χ1n) is 3.19. The number of carbonyl (C=O) groups excluding carboxylic acids is 1. The Bertz CT molecular complexity index is 137. The van der Waals surface area contributed by atoms with E-state index in [0.29, 0.717) is 0 Å². The summed E-state index contributed by atoms with van der Waals surface area (Å²) in [4.78, 5) is 10.8. The second-order valence-electron chi connectivity index (χ2n) is 2.29. The average molecular weight is 180 g/mol. The molecule has 0 aromatic heterocycles. The fraction of sp³-hybridized carbons (Fsp3) is 0.833. The van der Waals surface area contributed by atoms with Crippen molar-refractivity contribution in [2.45, 2.75) is 24.4 Å². The molecule has 0 aliphatic rings. The minimum Gasteiger partial charge on any atom is -0.393 e. The summed E-state index contributed by atoms with van der Waals surface area (Å²) in [5.74, 6) is -0.796. The number of carbonyl (C=O) groups is 1. The van der Waals surface area contributed by atoms with E-state index >= 15 is 0 Å². The standard InChI is InChI=1S/C6H12O4S/c1-3(11)5(9)6(10)4(8)2-7/h3-5,7-9,11H,2H2,1H3/t3-,4+,5+/m1/s1. The SMILES string of the molecule is C[C@@H](S)[C@H](O)C(=O)[C@@H](O)CO. The Morgan fingerprint density at radius 3 is 2.27 bits per heavy atom. The van der Waals surface area contributed by atoms with E-state index in [2.05, 4.69) is 12.6 Å². The second-order valence-corrected chi connectivity index (χ2v) is 3.10. The van der Waals surface area contributed by atoms with Crippen LogP contribution in [0.3, 0.4) is 0 Å². The fourth-order valence-electron chi connectivity index (χ4n) is 0.525. The number of hydrogen-bond donors (Lipinski definition) is 4. The van der Waals surface area contributed by atoms with Crippen LogP contribution in [0.25, 0.3) is 0 Å². The van der Waals surface area contributed by atoms with Crippen LogP contribution in [0.15, 0.2) is 0 Å². The van der Waals surface area contributed by atoms with Gasteiger partial charge >= 0.3 is 0 Å². The molecule has 0 aliphatic carbocycles. The van der Waals surface area contributed by atoms with Crippen LogP contribution in [0, 0.1) is 0 Å². The summed E-state index contributed by atoms with van der Waals surface area (Å²) in [6.07, 6.45) is -2.82. The van der Waals surface area contributed by atoms with E-state index in [1.807, 2.05) is 0 Å². The van der Waals surface area contributed by atoms with Gasteiger partial charge in [0.2, 0.25) is 0 Å². The number of hydrogen-bond acceptors (Lipinski definition) is 5. The fourth-order valence-corrected chi connectivity index (χ4v) is 0.672. The molecule has 0 rings (SSSR count). The number of thiol groups is 1. The largest absolute Gasteiger partial charge is 0.393 e. The van der Waals surface area contributed by atoms with E-state index in [9.17, 15) is 4.79 Å². The molecule has 0 amide bonds. The molecule has 0 heterocycles. The zero-order chi connectivity index (χ0) is 9.02. The summed E-state index contributed by atoms with van der Waals surface area (Å²) in [7, 11) is 0. The number of rotatable bonds is 4. The van der Waals surface area contributed by atoms with Crippen molar-refractivity contribution in [3.05, 3.63) is 0 Å². The maximum absolute atomic E-state index is 10.8. The van der Waals surface area contributed by atoms with Gasteiger partial charge in [0.15, 0.2) is 5.78 Å². The van der Waals surface area contributed by atoms with Crippen molar-refractivity contribution < 1.29 is 20.1 Å². The van der Waals surface area contributed by atoms with Crippen molar-refractivity contribution in [2.75, 3.05) is 6.61 Å². The average Bonchev–Trinajstić information content (AvgIpc) is 2.00. The van der Waals surface area contributed by atoms with Crippen molar-refractivity contribution >= 4 is 18.4 Å². The van der Waals surface area contributed by atoms with Crippen LogP contribution < -0.4 is 0 Å². The van der Waals surface area contributed by atoms with E-state index in [-0.39, 0.29) is 0 Å². The van der Waals surface area contributed by atoms with Crippen molar-refractivity contribution in [2.24, 2.45) is 0 Å². The maximum Gasteiger partial charge on any atom is 0.193 e. The lowest BCUT2D eigenvalue weighted by Gasteiger charge is -2.14. The molecule has 0 saturated carbocycles. The molecule has 0 aromatic carbocycles. The Labute approximate surface area is 70.3 Å². The Morgan fingerprint density at radius 1 is 1.55 bits per heavy atom. The minimum absolute atomic E-state index is 0.538. The molecule has 66 valence electrons. The molecule has 0 fully saturated rings. The first-order valence-corrected chi connectivity index (χ1v) is 3.71. The molecule has 0 bridgehead atoms. The van der Waals surface area contributed by atoms with Crippen molar-refractivity contribution in [3.63, 3.8) is 0 Å². The van der Waals surface area contributed by atoms with Crippen LogP contribution in [-0.4, -0.2) is 45.2 Å². The number of aliphatic hydroxyl groups is 3. The van der Waals surface area contributed by atoms with Gasteiger partial charge in [-0.25, -0.2) is 0 Å². The van der Waals surface area contributed by atoms with Gasteiger partial charge in [-0.3, -0.25) is 4.79 Å². The number of ketones is 1. The normalized spacial score (nSPS) is 19.0. The lowest BCUT2D eigenvalue weighted by atomic mass is 10.1. The second kappa shape index (κ2) is 4.71. The van der Waals surface area contributed by atoms with Gasteiger partial charge < -0.3 is 15.3 Å². The van der Waals surface area contributed by atoms with E-state index < -0.39 is 29.8 Å². The van der Waals surface area contributed by atoms with Crippen molar-refractivity contribution in [1.82, 2.24) is 0 Å². The van der Waals surface area contributed by atoms with Crippen LogP contribution in [0.1, 0.15) is 6.92 Å². The van der Waals surface area contributed by atoms with Gasteiger partial charge in [0, 0.05) is 5.25 Å². The van der Waals surface area contributed by atoms with Crippen LogP contribution >= 0.6 is 12.6 Å². The highest BCUT2D eigenvalue weighted by Crippen LogP contribution is 2.03. The van der Waals surface area contributed by atoms with Crippen LogP contribution in [-0.2, 0) is 4.79 Å². The summed E-state index contributed by atoms with van der Waals surface area (Å²) >= 11 is 3.80. The smallest absolute Gasteiger partial charge is 0.193 e. The topological polar surface area (TPSA) is 77.8 Å². The quantitative estimate of drug-likeness (QED) is 0.401. The highest BCUT2D eigenvalue weighted by Gasteiger charge is 2.25. The molecule has 0 spiro atoms. The molecule has 0 aromatic rings. The van der Waals surface area contributed by atoms with Gasteiger partial charge in [-0.2, -0.15) is 12.6 Å². The van der Waals surface area contributed by atoms with E-state index in [0.717, 1.165) is 0 Å². The zero-order valence-electron chi connectivity index (χ0n) is 6.14. The first kappa shape index (κ1) is 10.9. The van der Waals surface area contributed by atoms with Gasteiger partial charge in [-0.15, -0.1) is 0 Å². The summed E-state index contributed by atoms with van der Waals surface area (Å²) in [5.41, 5.74) is 0. The third-order valence-corrected chi connectivity index (χ3v) is 1.53. The summed E-state index contributed by atoms with van der Waals surface area (Å²) in [6.45, 7) is 0.853. The molecule has 11 heavy (non-hydrogen) atoms. The Morgan fingerprint density at radius 2 is 2.00 bits per heavy atom. The van der Waals surface area contributed by atoms with Crippen molar-refractivity contribution in [3.8, 4) is 0 Å². The molecule has 0 unspecified atom stereocenters. The van der Waals surface area contributed by atoms with Crippen LogP contribution in [0.5, 0.6) is 0 Å². The summed E-state index contributed by atoms with van der Waals surface area (Å²) in [6, 6.07) is 0. The van der Waals surface area contributed by atoms with E-state index in [1.165, 1.54) is 6.92 Å². The molecule has 0 aliphatic heterocycles. The van der Waals surface area contributed by atoms with Gasteiger partial charge in [0.05, 0.1) is 6.61 Å². The molecule has 0 radical (unpaired) electrons. The van der Waals surface area contributed by atoms with E-state index in [4.69, 9.17) is 15.3 Å². The molecular formula is C6H12O4S. The third kappa shape index (κ3) is 3.20. The summed E-state index contributed by atoms with van der Waals surface area (Å²) < 4.78 is 0. The number of aliphatic hydroxyl groups excluding tert-OH is 3. The lowest BCUT2D eigenvalue weighted by Crippen LogP contribution is -2.38. The van der Waals surface area contributed by atoms with Crippen molar-refractivity contribution in [1.29, 1.82) is 0 Å². The highest BCUT2D eigenvalue weighted by molar-refractivity contribution is 7.81. The first-order chi connectivity index (χ1) is 5.00. The monoisotopic (exact) mass is 180 g/mol. The van der Waals surface area contributed by atoms with Gasteiger partial charge in [0.25, 0.3) is 0 Å². The molecule has 3 N–H and O–H groups in total. The highest BCUT2D eigenvalue weighted by atomic mass is 32.1.